The van der Waals surface area contributed by atoms with Crippen LogP contribution in [0.3, 0.4) is 0 Å². The number of hydrogen-bond acceptors (Lipinski definition) is 6. The van der Waals surface area contributed by atoms with Gasteiger partial charge in [-0.05, 0) is 83.8 Å². The van der Waals surface area contributed by atoms with Gasteiger partial charge in [0.2, 0.25) is 0 Å². The SMILES string of the molecule is CC.CC.CC.CCCCCCCCC(CCCCCC)C(=O)OCCCCCCN(CCCCO)CCCCCCOC(=O)C(CCCCCC)CCCCCCCC. The molecule has 0 aliphatic rings. The van der Waals surface area contributed by atoms with Gasteiger partial charge >= 0.3 is 11.9 Å². The molecule has 0 aromatic carbocycles. The molecule has 6 nitrogen and oxygen atoms in total. The predicted molar refractivity (Wildman–Crippen MR) is 266 cm³/mol. The van der Waals surface area contributed by atoms with E-state index in [1.807, 2.05) is 41.5 Å². The van der Waals surface area contributed by atoms with Gasteiger partial charge in [0.25, 0.3) is 0 Å². The van der Waals surface area contributed by atoms with E-state index in [4.69, 9.17) is 9.47 Å². The third kappa shape index (κ3) is 49.5. The molecule has 0 aliphatic heterocycles. The van der Waals surface area contributed by atoms with Gasteiger partial charge in [0.15, 0.2) is 0 Å². The van der Waals surface area contributed by atoms with Crippen molar-refractivity contribution in [3.8, 4) is 0 Å². The summed E-state index contributed by atoms with van der Waals surface area (Å²) in [5.74, 6) is 0.290. The minimum absolute atomic E-state index is 0.0544. The Hall–Kier alpha value is -1.14. The third-order valence-electron chi connectivity index (χ3n) is 11.4. The molecule has 0 aromatic heterocycles. The van der Waals surface area contributed by atoms with Crippen molar-refractivity contribution >= 4 is 11.9 Å². The number of carbonyl (C=O) groups is 2. The molecule has 6 heteroatoms. The normalized spacial score (nSPS) is 11.7. The minimum Gasteiger partial charge on any atom is -0.465 e. The number of aliphatic hydroxyl groups excluding tert-OH is 1. The highest BCUT2D eigenvalue weighted by molar-refractivity contribution is 5.72. The molecule has 0 radical (unpaired) electrons. The van der Waals surface area contributed by atoms with Gasteiger partial charge in [0, 0.05) is 6.61 Å². The summed E-state index contributed by atoms with van der Waals surface area (Å²) in [5.41, 5.74) is 0. The van der Waals surface area contributed by atoms with Crippen LogP contribution in [0, 0.1) is 11.8 Å². The van der Waals surface area contributed by atoms with Crippen molar-refractivity contribution in [1.82, 2.24) is 4.90 Å². The average Bonchev–Trinajstić information content (AvgIpc) is 3.28. The van der Waals surface area contributed by atoms with E-state index in [9.17, 15) is 14.7 Å². The van der Waals surface area contributed by atoms with Gasteiger partial charge < -0.3 is 19.5 Å². The zero-order valence-electron chi connectivity index (χ0n) is 43.0. The Labute approximate surface area is 378 Å². The molecule has 0 aromatic rings. The Morgan fingerprint density at radius 3 is 0.933 bits per heavy atom. The van der Waals surface area contributed by atoms with Crippen LogP contribution in [-0.4, -0.2) is 61.4 Å². The fourth-order valence-electron chi connectivity index (χ4n) is 7.68. The summed E-state index contributed by atoms with van der Waals surface area (Å²) in [6.07, 6.45) is 39.6. The van der Waals surface area contributed by atoms with Crippen LogP contribution in [0.25, 0.3) is 0 Å². The standard InChI is InChI=1S/C48H95NO5.3C2H6/c1-5-9-13-17-19-27-37-45(35-25-15-11-7-3)47(51)53-43-33-23-21-29-39-49(41-31-32-42-50)40-30-22-24-34-44-54-48(52)46(36-26-16-12-8-4)38-28-20-18-14-10-6-2;3*1-2/h45-46,50H,5-44H2,1-4H3;3*1-2H3. The van der Waals surface area contributed by atoms with Crippen molar-refractivity contribution in [1.29, 1.82) is 0 Å². The van der Waals surface area contributed by atoms with Gasteiger partial charge in [-0.25, -0.2) is 0 Å². The molecule has 2 unspecified atom stereocenters. The second kappa shape index (κ2) is 60.0. The van der Waals surface area contributed by atoms with E-state index in [1.54, 1.807) is 0 Å². The Morgan fingerprint density at radius 2 is 0.617 bits per heavy atom. The lowest BCUT2D eigenvalue weighted by Gasteiger charge is -2.22. The summed E-state index contributed by atoms with van der Waals surface area (Å²) in [7, 11) is 0. The molecule has 0 bridgehead atoms. The molecule has 0 aliphatic carbocycles. The fraction of sp³-hybridized carbons (Fsp3) is 0.963. The Kier molecular flexibility index (Phi) is 65.4. The first-order chi connectivity index (χ1) is 29.5. The maximum Gasteiger partial charge on any atom is 0.308 e. The van der Waals surface area contributed by atoms with E-state index in [1.165, 1.54) is 116 Å². The lowest BCUT2D eigenvalue weighted by Crippen LogP contribution is -2.27. The van der Waals surface area contributed by atoms with Gasteiger partial charge in [-0.15, -0.1) is 0 Å². The average molecular weight is 856 g/mol. The number of unbranched alkanes of at least 4 members (excludes halogenated alkanes) is 23. The number of aliphatic hydroxyl groups is 1. The van der Waals surface area contributed by atoms with Gasteiger partial charge in [0.05, 0.1) is 25.0 Å². The fourth-order valence-corrected chi connectivity index (χ4v) is 7.68. The predicted octanol–water partition coefficient (Wildman–Crippen LogP) is 17.0. The molecule has 0 saturated carbocycles. The molecular weight excluding hydrogens is 743 g/mol. The summed E-state index contributed by atoms with van der Waals surface area (Å²) in [5, 5.41) is 9.32. The van der Waals surface area contributed by atoms with Crippen LogP contribution >= 0.6 is 0 Å². The minimum atomic E-state index is 0.0544. The second-order valence-electron chi connectivity index (χ2n) is 16.6. The first-order valence-corrected chi connectivity index (χ1v) is 27.2. The molecule has 364 valence electrons. The number of rotatable bonds is 44. The van der Waals surface area contributed by atoms with E-state index in [-0.39, 0.29) is 30.4 Å². The lowest BCUT2D eigenvalue weighted by molar-refractivity contribution is -0.150. The summed E-state index contributed by atoms with van der Waals surface area (Å²) in [6.45, 7) is 25.6. The number of nitrogens with zero attached hydrogens (tertiary/aromatic N) is 1. The molecule has 0 heterocycles. The van der Waals surface area contributed by atoms with Crippen LogP contribution < -0.4 is 0 Å². The summed E-state index contributed by atoms with van der Waals surface area (Å²) >= 11 is 0. The molecule has 2 atom stereocenters. The van der Waals surface area contributed by atoms with Crippen molar-refractivity contribution in [3.63, 3.8) is 0 Å². The van der Waals surface area contributed by atoms with E-state index < -0.39 is 0 Å². The van der Waals surface area contributed by atoms with Crippen LogP contribution in [0.2, 0.25) is 0 Å². The van der Waals surface area contributed by atoms with Gasteiger partial charge in [0.1, 0.15) is 0 Å². The van der Waals surface area contributed by atoms with Crippen LogP contribution in [0.1, 0.15) is 288 Å². The lowest BCUT2D eigenvalue weighted by atomic mass is 9.94. The summed E-state index contributed by atoms with van der Waals surface area (Å²) in [4.78, 5) is 28.5. The highest BCUT2D eigenvalue weighted by Gasteiger charge is 2.20. The van der Waals surface area contributed by atoms with E-state index in [0.29, 0.717) is 13.2 Å². The Bertz CT molecular complexity index is 719. The van der Waals surface area contributed by atoms with Crippen molar-refractivity contribution in [2.24, 2.45) is 11.8 Å². The highest BCUT2D eigenvalue weighted by Crippen LogP contribution is 2.22. The van der Waals surface area contributed by atoms with Crippen LogP contribution in [-0.2, 0) is 19.1 Å². The van der Waals surface area contributed by atoms with E-state index in [2.05, 4.69) is 32.6 Å². The molecule has 0 fully saturated rings. The number of ether oxygens (including phenoxy) is 2. The summed E-state index contributed by atoms with van der Waals surface area (Å²) < 4.78 is 11.6. The number of esters is 2. The molecule has 0 spiro atoms. The maximum absolute atomic E-state index is 13.0. The van der Waals surface area contributed by atoms with Gasteiger partial charge in [-0.1, -0.05) is 223 Å². The van der Waals surface area contributed by atoms with Crippen molar-refractivity contribution < 1.29 is 24.2 Å². The molecular formula is C54H113NO5. The molecule has 0 amide bonds. The van der Waals surface area contributed by atoms with E-state index in [0.717, 1.165) is 122 Å². The number of hydrogen-bond donors (Lipinski definition) is 1. The Morgan fingerprint density at radius 1 is 0.367 bits per heavy atom. The van der Waals surface area contributed by atoms with Crippen LogP contribution in [0.4, 0.5) is 0 Å². The van der Waals surface area contributed by atoms with Gasteiger partial charge in [-0.2, -0.15) is 0 Å². The van der Waals surface area contributed by atoms with E-state index >= 15 is 0 Å². The zero-order chi connectivity index (χ0) is 45.6. The van der Waals surface area contributed by atoms with Crippen molar-refractivity contribution in [2.75, 3.05) is 39.5 Å². The highest BCUT2D eigenvalue weighted by atomic mass is 16.5. The van der Waals surface area contributed by atoms with Crippen LogP contribution in [0.15, 0.2) is 0 Å². The molecule has 1 N–H and O–H groups in total. The quantitative estimate of drug-likeness (QED) is 0.0486. The van der Waals surface area contributed by atoms with Crippen LogP contribution in [0.5, 0.6) is 0 Å². The molecule has 60 heavy (non-hydrogen) atoms. The first kappa shape index (κ1) is 65.5. The first-order valence-electron chi connectivity index (χ1n) is 27.2. The monoisotopic (exact) mass is 856 g/mol. The Balaban J connectivity index is -0.00000249. The number of carbonyl (C=O) groups excluding carboxylic acids is 2. The largest absolute Gasteiger partial charge is 0.465 e. The zero-order valence-corrected chi connectivity index (χ0v) is 43.0. The molecule has 0 rings (SSSR count). The second-order valence-corrected chi connectivity index (χ2v) is 16.6. The smallest absolute Gasteiger partial charge is 0.308 e. The third-order valence-corrected chi connectivity index (χ3v) is 11.4. The van der Waals surface area contributed by atoms with Crippen molar-refractivity contribution in [2.45, 2.75) is 288 Å². The van der Waals surface area contributed by atoms with Gasteiger partial charge in [-0.3, -0.25) is 9.59 Å². The molecule has 0 saturated heterocycles. The topological polar surface area (TPSA) is 76.1 Å². The maximum atomic E-state index is 13.0. The van der Waals surface area contributed by atoms with Crippen molar-refractivity contribution in [3.05, 3.63) is 0 Å². The summed E-state index contributed by atoms with van der Waals surface area (Å²) in [6, 6.07) is 0.